The van der Waals surface area contributed by atoms with Crippen LogP contribution in [0.3, 0.4) is 0 Å². The van der Waals surface area contributed by atoms with E-state index in [2.05, 4.69) is 15.3 Å². The van der Waals surface area contributed by atoms with Gasteiger partial charge in [0, 0.05) is 30.1 Å². The number of nitrogens with zero attached hydrogens (tertiary/aromatic N) is 5. The molecule has 0 unspecified atom stereocenters. The first kappa shape index (κ1) is 33.2. The van der Waals surface area contributed by atoms with Gasteiger partial charge >= 0.3 is 0 Å². The second-order valence-corrected chi connectivity index (χ2v) is 11.1. The molecule has 16 radical (unpaired) electrons. The number of amides is 1. The van der Waals surface area contributed by atoms with Crippen LogP contribution in [-0.2, 0) is 11.8 Å². The summed E-state index contributed by atoms with van der Waals surface area (Å²) < 4.78 is 15.2. The number of hydrogen-bond acceptors (Lipinski definition) is 7. The van der Waals surface area contributed by atoms with Crippen LogP contribution in [-0.4, -0.2) is 115 Å². The molecule has 0 aliphatic carbocycles. The second kappa shape index (κ2) is 11.2. The average Bonchev–Trinajstić information content (AvgIpc) is 3.28. The largest absolute Gasteiger partial charge is 0.506 e. The molecule has 4 aromatic rings. The molecule has 9 nitrogen and oxygen atoms in total. The molecule has 2 aromatic heterocycles. The Labute approximate surface area is 276 Å². The van der Waals surface area contributed by atoms with Crippen molar-refractivity contribution in [3.05, 3.63) is 84.2 Å². The van der Waals surface area contributed by atoms with Crippen LogP contribution in [0.25, 0.3) is 11.1 Å². The van der Waals surface area contributed by atoms with Gasteiger partial charge in [0.1, 0.15) is 11.4 Å². The lowest BCUT2D eigenvalue weighted by atomic mass is 9.26. The maximum atomic E-state index is 13.6. The summed E-state index contributed by atoms with van der Waals surface area (Å²) in [6.07, 6.45) is 1.57. The fourth-order valence-electron chi connectivity index (χ4n) is 5.41. The van der Waals surface area contributed by atoms with Crippen LogP contribution in [0, 0.1) is 12.7 Å². The quantitative estimate of drug-likeness (QED) is 0.181. The molecule has 2 aromatic carbocycles. The third kappa shape index (κ3) is 5.06. The molecule has 5 rings (SSSR count). The summed E-state index contributed by atoms with van der Waals surface area (Å²) in [6, 6.07) is 14.5. The van der Waals surface area contributed by atoms with E-state index >= 15 is 0 Å². The van der Waals surface area contributed by atoms with Crippen LogP contribution >= 0.6 is 0 Å². The highest BCUT2D eigenvalue weighted by Crippen LogP contribution is 2.48. The maximum Gasteiger partial charge on any atom is 0.298 e. The molecule has 3 heterocycles. The van der Waals surface area contributed by atoms with E-state index in [4.69, 9.17) is 62.8 Å². The Morgan fingerprint density at radius 3 is 1.91 bits per heavy atom. The Bertz CT molecular complexity index is 1810. The first-order valence-corrected chi connectivity index (χ1v) is 13.6. The number of anilines is 3. The van der Waals surface area contributed by atoms with Gasteiger partial charge in [-0.2, -0.15) is 0 Å². The number of carbonyl (C=O) groups excluding carboxylic acids is 2. The van der Waals surface area contributed by atoms with Crippen LogP contribution < -0.4 is 15.1 Å². The average molecular weight is 593 g/mol. The fraction of sp³-hybridized carbons (Fsp3) is 0.214. The van der Waals surface area contributed by atoms with Crippen molar-refractivity contribution in [3.63, 3.8) is 0 Å². The standard InChI is InChI=1S/C28H19B8FN6O3/c1-14-10-18(15-6-4-3-5-7-15)21(41(14)2)22(45)23(46)40-17-8-9-19(20(44)11-17)42-25(29,30)27(33,34)43(28(35,36)26(42,31)32)24-38-12-16(37)13-39-24/h3-13,44H,1-2H3,(H,40,46). The molecule has 0 spiro atoms. The molecule has 1 aliphatic rings. The van der Waals surface area contributed by atoms with E-state index in [1.165, 1.54) is 12.1 Å². The van der Waals surface area contributed by atoms with Crippen molar-refractivity contribution in [2.24, 2.45) is 7.05 Å². The van der Waals surface area contributed by atoms with E-state index in [0.29, 0.717) is 5.56 Å². The topological polar surface area (TPSA) is 104 Å². The lowest BCUT2D eigenvalue weighted by Gasteiger charge is -2.76. The molecule has 1 fully saturated rings. The molecular weight excluding hydrogens is 574 g/mol. The number of aryl methyl sites for hydroxylation is 1. The van der Waals surface area contributed by atoms with Crippen molar-refractivity contribution in [3.8, 4) is 16.9 Å². The van der Waals surface area contributed by atoms with Crippen LogP contribution in [0.2, 0.25) is 0 Å². The normalized spacial score (nSPS) is 17.7. The van der Waals surface area contributed by atoms with Gasteiger partial charge in [-0.25, -0.2) is 14.4 Å². The number of hydrogen-bond donors (Lipinski definition) is 2. The summed E-state index contributed by atoms with van der Waals surface area (Å²) in [7, 11) is 53.0. The molecule has 1 saturated heterocycles. The smallest absolute Gasteiger partial charge is 0.298 e. The maximum absolute atomic E-state index is 13.6. The molecule has 210 valence electrons. The third-order valence-corrected chi connectivity index (χ3v) is 8.02. The molecule has 0 saturated carbocycles. The van der Waals surface area contributed by atoms with Crippen molar-refractivity contribution in [2.45, 2.75) is 28.3 Å². The van der Waals surface area contributed by atoms with Gasteiger partial charge in [-0.05, 0) is 52.0 Å². The first-order valence-electron chi connectivity index (χ1n) is 13.6. The predicted molar refractivity (Wildman–Crippen MR) is 181 cm³/mol. The lowest BCUT2D eigenvalue weighted by molar-refractivity contribution is -0.112. The lowest BCUT2D eigenvalue weighted by Crippen LogP contribution is -2.93. The minimum Gasteiger partial charge on any atom is -0.506 e. The molecule has 18 heteroatoms. The molecule has 0 atom stereocenters. The SMILES string of the molecule is [B]C1([B])N(c2ncc(F)cn2)C([B])([B])C([B])([B])N(c2ccc(NC(=O)C(=O)c3c(-c4ccccc4)cc(C)n3C)cc2O)C1([B])[B]. The molecular formula is C28H19B8FN6O3. The van der Waals surface area contributed by atoms with Gasteiger partial charge in [0.15, 0.2) is 5.82 Å². The number of phenolic OH excluding ortho intramolecular Hbond substituents is 1. The Hall–Kier alpha value is -4.21. The van der Waals surface area contributed by atoms with Crippen LogP contribution in [0.5, 0.6) is 5.75 Å². The van der Waals surface area contributed by atoms with Crippen LogP contribution in [0.15, 0.2) is 67.0 Å². The number of halogens is 1. The molecule has 2 N–H and O–H groups in total. The van der Waals surface area contributed by atoms with Gasteiger partial charge in [-0.1, -0.05) is 30.3 Å². The number of rotatable bonds is 6. The fourth-order valence-corrected chi connectivity index (χ4v) is 5.41. The van der Waals surface area contributed by atoms with E-state index in [9.17, 15) is 19.1 Å². The third-order valence-electron chi connectivity index (χ3n) is 8.02. The zero-order chi connectivity index (χ0) is 34.0. The highest BCUT2D eigenvalue weighted by atomic mass is 19.1. The Morgan fingerprint density at radius 2 is 1.37 bits per heavy atom. The summed E-state index contributed by atoms with van der Waals surface area (Å²) in [5.74, 6) is -3.61. The van der Waals surface area contributed by atoms with Gasteiger partial charge in [-0.3, -0.25) is 9.59 Å². The second-order valence-electron chi connectivity index (χ2n) is 11.1. The first-order chi connectivity index (χ1) is 21.3. The summed E-state index contributed by atoms with van der Waals surface area (Å²) in [4.78, 5) is 35.7. The Morgan fingerprint density at radius 1 is 0.826 bits per heavy atom. The summed E-state index contributed by atoms with van der Waals surface area (Å²) in [5, 5.41) is 3.65. The van der Waals surface area contributed by atoms with E-state index in [-0.39, 0.29) is 17.1 Å². The number of ketones is 1. The Balaban J connectivity index is 1.48. The van der Waals surface area contributed by atoms with E-state index in [1.54, 1.807) is 17.7 Å². The number of phenols is 1. The summed E-state index contributed by atoms with van der Waals surface area (Å²) in [5.41, 5.74) is 2.00. The monoisotopic (exact) mass is 594 g/mol. The van der Waals surface area contributed by atoms with Gasteiger partial charge in [-0.15, -0.1) is 0 Å². The summed E-state index contributed by atoms with van der Waals surface area (Å²) in [6.45, 7) is 1.81. The number of aromatic nitrogens is 3. The molecule has 0 bridgehead atoms. The zero-order valence-electron chi connectivity index (χ0n) is 24.8. The van der Waals surface area contributed by atoms with Gasteiger partial charge in [0.25, 0.3) is 11.7 Å². The highest BCUT2D eigenvalue weighted by molar-refractivity contribution is 6.64. The van der Waals surface area contributed by atoms with Crippen LogP contribution in [0.1, 0.15) is 16.2 Å². The molecule has 46 heavy (non-hydrogen) atoms. The van der Waals surface area contributed by atoms with Crippen molar-refractivity contribution in [1.29, 1.82) is 0 Å². The minimum absolute atomic E-state index is 0.00273. The van der Waals surface area contributed by atoms with Crippen molar-refractivity contribution in [1.82, 2.24) is 14.5 Å². The number of piperazine rings is 1. The number of aromatic hydroxyl groups is 1. The number of Topliss-reactive ketones (excluding diaryl/α,β-unsaturated/α-hetero) is 1. The van der Waals surface area contributed by atoms with E-state index in [0.717, 1.165) is 39.5 Å². The molecule has 1 amide bonds. The van der Waals surface area contributed by atoms with E-state index < -0.39 is 50.6 Å². The summed E-state index contributed by atoms with van der Waals surface area (Å²) >= 11 is 0. The van der Waals surface area contributed by atoms with Gasteiger partial charge in [0.2, 0.25) is 5.95 Å². The minimum atomic E-state index is -2.49. The zero-order valence-corrected chi connectivity index (χ0v) is 24.8. The van der Waals surface area contributed by atoms with E-state index in [1.807, 2.05) is 37.3 Å². The van der Waals surface area contributed by atoms with Gasteiger partial charge in [0.05, 0.1) is 80.9 Å². The number of carbonyl (C=O) groups is 2. The Kier molecular flexibility index (Phi) is 8.10. The van der Waals surface area contributed by atoms with Crippen LogP contribution in [0.4, 0.5) is 21.7 Å². The number of nitrogens with one attached hydrogen (secondary N) is 1. The number of benzene rings is 2. The van der Waals surface area contributed by atoms with Crippen molar-refractivity contribution in [2.75, 3.05) is 15.1 Å². The van der Waals surface area contributed by atoms with Gasteiger partial charge < -0.3 is 24.8 Å². The van der Waals surface area contributed by atoms with Crippen molar-refractivity contribution >= 4 is 91.8 Å². The predicted octanol–water partition coefficient (Wildman–Crippen LogP) is -0.254. The highest BCUT2D eigenvalue weighted by Gasteiger charge is 2.61. The molecule has 1 aliphatic heterocycles. The van der Waals surface area contributed by atoms with Crippen molar-refractivity contribution < 1.29 is 19.1 Å².